The van der Waals surface area contributed by atoms with Crippen molar-refractivity contribution in [2.24, 2.45) is 5.73 Å². The average molecular weight is 573 g/mol. The summed E-state index contributed by atoms with van der Waals surface area (Å²) in [5.74, 6) is 0.432. The Hall–Kier alpha value is -4.22. The van der Waals surface area contributed by atoms with Crippen molar-refractivity contribution < 1.29 is 23.4 Å². The van der Waals surface area contributed by atoms with Gasteiger partial charge in [0.2, 0.25) is 11.6 Å². The third kappa shape index (κ3) is 4.85. The summed E-state index contributed by atoms with van der Waals surface area (Å²) < 4.78 is 24.0. The Labute approximate surface area is 228 Å². The zero-order valence-electron chi connectivity index (χ0n) is 20.9. The predicted octanol–water partition coefficient (Wildman–Crippen LogP) is 7.12. The SMILES string of the molecule is CCCCOc1cccc(C2C(C#N)=C(N)Oc3cc(OC(=O)c4oc5ccc(Br)cc5c4C)ccc32)c1. The van der Waals surface area contributed by atoms with Crippen LogP contribution in [0.1, 0.15) is 52.9 Å². The van der Waals surface area contributed by atoms with Crippen LogP contribution in [0.15, 0.2) is 81.0 Å². The highest BCUT2D eigenvalue weighted by Gasteiger charge is 2.31. The van der Waals surface area contributed by atoms with Gasteiger partial charge in [-0.05, 0) is 55.3 Å². The second kappa shape index (κ2) is 10.6. The van der Waals surface area contributed by atoms with E-state index in [4.69, 9.17) is 24.4 Å². The normalized spacial score (nSPS) is 14.5. The molecule has 0 amide bonds. The van der Waals surface area contributed by atoms with Gasteiger partial charge in [0, 0.05) is 27.1 Å². The van der Waals surface area contributed by atoms with E-state index in [0.717, 1.165) is 39.6 Å². The van der Waals surface area contributed by atoms with Crippen molar-refractivity contribution in [2.75, 3.05) is 6.61 Å². The number of aryl methyl sites for hydroxylation is 1. The molecule has 1 unspecified atom stereocenters. The monoisotopic (exact) mass is 572 g/mol. The van der Waals surface area contributed by atoms with Crippen LogP contribution >= 0.6 is 15.9 Å². The molecule has 8 heteroatoms. The van der Waals surface area contributed by atoms with Gasteiger partial charge in [-0.1, -0.05) is 47.5 Å². The number of esters is 1. The molecule has 1 aliphatic heterocycles. The van der Waals surface area contributed by atoms with Gasteiger partial charge in [-0.25, -0.2) is 4.79 Å². The predicted molar refractivity (Wildman–Crippen MR) is 146 cm³/mol. The van der Waals surface area contributed by atoms with E-state index in [9.17, 15) is 10.1 Å². The van der Waals surface area contributed by atoms with E-state index in [2.05, 4.69) is 28.9 Å². The highest BCUT2D eigenvalue weighted by Crippen LogP contribution is 2.44. The Kier molecular flexibility index (Phi) is 7.12. The summed E-state index contributed by atoms with van der Waals surface area (Å²) >= 11 is 3.44. The summed E-state index contributed by atoms with van der Waals surface area (Å²) in [6.07, 6.45) is 1.98. The third-order valence-electron chi connectivity index (χ3n) is 6.44. The van der Waals surface area contributed by atoms with E-state index in [0.29, 0.717) is 29.1 Å². The van der Waals surface area contributed by atoms with Gasteiger partial charge in [0.25, 0.3) is 0 Å². The Balaban J connectivity index is 1.45. The standard InChI is InChI=1S/C30H25BrN2O5/c1-3-4-12-35-20-7-5-6-18(13-20)27-22-10-9-21(15-26(22)38-29(33)24(27)16-32)36-30(34)28-17(2)23-14-19(31)8-11-25(23)37-28/h5-11,13-15,27H,3-4,12,33H2,1-2H3. The molecule has 3 aromatic carbocycles. The first-order chi connectivity index (χ1) is 18.4. The van der Waals surface area contributed by atoms with E-state index in [1.807, 2.05) is 43.3 Å². The number of furan rings is 1. The molecule has 192 valence electrons. The maximum Gasteiger partial charge on any atom is 0.379 e. The lowest BCUT2D eigenvalue weighted by molar-refractivity contribution is 0.0702. The highest BCUT2D eigenvalue weighted by molar-refractivity contribution is 9.10. The zero-order chi connectivity index (χ0) is 26.8. The van der Waals surface area contributed by atoms with E-state index >= 15 is 0 Å². The van der Waals surface area contributed by atoms with Crippen molar-refractivity contribution in [3.05, 3.63) is 99.0 Å². The van der Waals surface area contributed by atoms with Gasteiger partial charge in [-0.3, -0.25) is 0 Å². The van der Waals surface area contributed by atoms with Crippen LogP contribution in [0.3, 0.4) is 0 Å². The average Bonchev–Trinajstić information content (AvgIpc) is 3.23. The lowest BCUT2D eigenvalue weighted by Gasteiger charge is -2.27. The fraction of sp³-hybridized carbons (Fsp3) is 0.200. The molecule has 2 heterocycles. The molecule has 1 aliphatic rings. The number of fused-ring (bicyclic) bond motifs is 2. The van der Waals surface area contributed by atoms with Crippen molar-refractivity contribution in [2.45, 2.75) is 32.6 Å². The van der Waals surface area contributed by atoms with Crippen molar-refractivity contribution in [3.8, 4) is 23.3 Å². The molecular formula is C30H25BrN2O5. The molecule has 0 aliphatic carbocycles. The number of unbranched alkanes of at least 4 members (excludes halogenated alkanes) is 1. The van der Waals surface area contributed by atoms with Gasteiger partial charge in [-0.2, -0.15) is 5.26 Å². The summed E-state index contributed by atoms with van der Waals surface area (Å²) in [6, 6.07) is 20.4. The van der Waals surface area contributed by atoms with Crippen LogP contribution in [-0.2, 0) is 0 Å². The van der Waals surface area contributed by atoms with Crippen LogP contribution in [0.25, 0.3) is 11.0 Å². The number of carbonyl (C=O) groups is 1. The number of allylic oxidation sites excluding steroid dienone is 1. The number of rotatable bonds is 7. The van der Waals surface area contributed by atoms with Crippen LogP contribution in [0.4, 0.5) is 0 Å². The molecule has 5 rings (SSSR count). The van der Waals surface area contributed by atoms with E-state index in [-0.39, 0.29) is 17.4 Å². The minimum absolute atomic E-state index is 0.00415. The topological polar surface area (TPSA) is 108 Å². The number of nitrogens with two attached hydrogens (primary N) is 1. The summed E-state index contributed by atoms with van der Waals surface area (Å²) in [5.41, 5.74) is 9.32. The molecule has 7 nitrogen and oxygen atoms in total. The number of carbonyl (C=O) groups excluding carboxylic acids is 1. The molecular weight excluding hydrogens is 548 g/mol. The molecule has 1 atom stereocenters. The molecule has 4 aromatic rings. The first-order valence-electron chi connectivity index (χ1n) is 12.2. The first kappa shape index (κ1) is 25.4. The maximum absolute atomic E-state index is 13.0. The fourth-order valence-electron chi connectivity index (χ4n) is 4.50. The molecule has 2 N–H and O–H groups in total. The second-order valence-corrected chi connectivity index (χ2v) is 9.90. The summed E-state index contributed by atoms with van der Waals surface area (Å²) in [6.45, 7) is 4.53. The molecule has 0 fully saturated rings. The lowest BCUT2D eigenvalue weighted by Crippen LogP contribution is -2.21. The largest absolute Gasteiger partial charge is 0.494 e. The Bertz CT molecular complexity index is 1610. The minimum Gasteiger partial charge on any atom is -0.494 e. The number of hydrogen-bond acceptors (Lipinski definition) is 7. The Morgan fingerprint density at radius 3 is 2.76 bits per heavy atom. The molecule has 1 aromatic heterocycles. The van der Waals surface area contributed by atoms with Crippen LogP contribution in [0.2, 0.25) is 0 Å². The molecule has 0 radical (unpaired) electrons. The van der Waals surface area contributed by atoms with Crippen molar-refractivity contribution in [1.82, 2.24) is 0 Å². The molecule has 38 heavy (non-hydrogen) atoms. The van der Waals surface area contributed by atoms with E-state index in [1.165, 1.54) is 0 Å². The van der Waals surface area contributed by atoms with Gasteiger partial charge in [0.05, 0.1) is 12.5 Å². The molecule has 0 saturated carbocycles. The van der Waals surface area contributed by atoms with Crippen molar-refractivity contribution in [3.63, 3.8) is 0 Å². The van der Waals surface area contributed by atoms with Gasteiger partial charge in [0.15, 0.2) is 0 Å². The van der Waals surface area contributed by atoms with Crippen molar-refractivity contribution >= 4 is 32.9 Å². The molecule has 0 saturated heterocycles. The first-order valence-corrected chi connectivity index (χ1v) is 13.0. The smallest absolute Gasteiger partial charge is 0.379 e. The number of benzene rings is 3. The number of nitriles is 1. The molecule has 0 bridgehead atoms. The number of ether oxygens (including phenoxy) is 3. The van der Waals surface area contributed by atoms with E-state index in [1.54, 1.807) is 24.3 Å². The summed E-state index contributed by atoms with van der Waals surface area (Å²) in [4.78, 5) is 13.0. The minimum atomic E-state index is -0.625. The Morgan fingerprint density at radius 1 is 1.13 bits per heavy atom. The van der Waals surface area contributed by atoms with Crippen molar-refractivity contribution in [1.29, 1.82) is 5.26 Å². The third-order valence-corrected chi connectivity index (χ3v) is 6.94. The quantitative estimate of drug-likeness (QED) is 0.143. The highest BCUT2D eigenvalue weighted by atomic mass is 79.9. The lowest BCUT2D eigenvalue weighted by atomic mass is 9.83. The Morgan fingerprint density at radius 2 is 1.97 bits per heavy atom. The molecule has 0 spiro atoms. The van der Waals surface area contributed by atoms with Gasteiger partial charge < -0.3 is 24.4 Å². The van der Waals surface area contributed by atoms with Crippen LogP contribution in [-0.4, -0.2) is 12.6 Å². The van der Waals surface area contributed by atoms with Crippen LogP contribution in [0, 0.1) is 18.3 Å². The zero-order valence-corrected chi connectivity index (χ0v) is 22.5. The fourth-order valence-corrected chi connectivity index (χ4v) is 4.86. The van der Waals surface area contributed by atoms with Gasteiger partial charge in [0.1, 0.15) is 34.5 Å². The maximum atomic E-state index is 13.0. The van der Waals surface area contributed by atoms with Crippen LogP contribution in [0.5, 0.6) is 17.2 Å². The van der Waals surface area contributed by atoms with Crippen LogP contribution < -0.4 is 19.9 Å². The van der Waals surface area contributed by atoms with Gasteiger partial charge in [-0.15, -0.1) is 0 Å². The summed E-state index contributed by atoms with van der Waals surface area (Å²) in [7, 11) is 0. The van der Waals surface area contributed by atoms with Gasteiger partial charge >= 0.3 is 5.97 Å². The number of hydrogen-bond donors (Lipinski definition) is 1. The summed E-state index contributed by atoms with van der Waals surface area (Å²) in [5, 5.41) is 10.7. The second-order valence-electron chi connectivity index (χ2n) is 8.99. The number of nitrogens with zero attached hydrogens (tertiary/aromatic N) is 1. The number of halogens is 1. The van der Waals surface area contributed by atoms with E-state index < -0.39 is 11.9 Å².